The maximum absolute atomic E-state index is 12.9. The molecule has 1 unspecified atom stereocenters. The van der Waals surface area contributed by atoms with Crippen LogP contribution >= 0.6 is 81.4 Å². The fourth-order valence-electron chi connectivity index (χ4n) is 3.43. The Labute approximate surface area is 246 Å². The van der Waals surface area contributed by atoms with E-state index in [2.05, 4.69) is 5.32 Å². The number of β-lactam (4-membered cyclic amide) rings is 1. The van der Waals surface area contributed by atoms with Gasteiger partial charge in [-0.3, -0.25) is 19.4 Å². The number of anilines is 1. The highest BCUT2D eigenvalue weighted by atomic mass is 35.6. The number of hydrogen-bond acceptors (Lipinski definition) is 7. The highest BCUT2D eigenvalue weighted by Crippen LogP contribution is 2.40. The number of fused-ring (bicyclic) bond motifs is 1. The molecule has 2 aliphatic rings. The van der Waals surface area contributed by atoms with Crippen LogP contribution < -0.4 is 10.2 Å². The smallest absolute Gasteiger partial charge is 0.414 e. The largest absolute Gasteiger partial charge is 0.456 e. The zero-order valence-corrected chi connectivity index (χ0v) is 24.2. The van der Waals surface area contributed by atoms with Crippen LogP contribution in [0.5, 0.6) is 0 Å². The number of alkyl halides is 6. The molecule has 0 saturated carbocycles. The zero-order chi connectivity index (χ0) is 27.5. The highest BCUT2D eigenvalue weighted by molar-refractivity contribution is 8.00. The number of nitrogens with one attached hydrogen (secondary N) is 1. The molecule has 2 atom stereocenters. The molecule has 9 nitrogen and oxygen atoms in total. The van der Waals surface area contributed by atoms with E-state index in [0.29, 0.717) is 17.0 Å². The second kappa shape index (κ2) is 12.3. The summed E-state index contributed by atoms with van der Waals surface area (Å²) in [6, 6.07) is 7.26. The summed E-state index contributed by atoms with van der Waals surface area (Å²) in [7, 11) is 0. The average molecular weight is 654 g/mol. The first-order chi connectivity index (χ1) is 17.2. The summed E-state index contributed by atoms with van der Waals surface area (Å²) in [5.74, 6) is -1.60. The van der Waals surface area contributed by atoms with E-state index >= 15 is 0 Å². The number of hydrogen-bond donors (Lipinski definition) is 1. The van der Waals surface area contributed by atoms with Gasteiger partial charge in [-0.25, -0.2) is 9.59 Å². The van der Waals surface area contributed by atoms with Gasteiger partial charge in [0.2, 0.25) is 13.5 Å². The fourth-order valence-corrected chi connectivity index (χ4v) is 5.05. The maximum Gasteiger partial charge on any atom is 0.414 e. The minimum atomic E-state index is -1.84. The molecule has 37 heavy (non-hydrogen) atoms. The van der Waals surface area contributed by atoms with Crippen molar-refractivity contribution in [3.63, 3.8) is 0 Å². The number of carbonyl (C=O) groups excluding carboxylic acids is 4. The summed E-state index contributed by atoms with van der Waals surface area (Å²) in [5, 5.41) is 2.03. The van der Waals surface area contributed by atoms with Crippen LogP contribution in [0.3, 0.4) is 0 Å². The van der Waals surface area contributed by atoms with Crippen molar-refractivity contribution >= 4 is 111 Å². The zero-order valence-electron chi connectivity index (χ0n) is 18.9. The third-order valence-corrected chi connectivity index (χ3v) is 7.06. The van der Waals surface area contributed by atoms with E-state index in [-0.39, 0.29) is 5.70 Å². The Morgan fingerprint density at radius 1 is 1.05 bits per heavy atom. The molecule has 0 aromatic heterocycles. The first-order valence-corrected chi connectivity index (χ1v) is 13.7. The number of benzene rings is 1. The van der Waals surface area contributed by atoms with E-state index < -0.39 is 62.6 Å². The van der Waals surface area contributed by atoms with Gasteiger partial charge in [0, 0.05) is 11.4 Å². The molecular formula is C21H19Cl6N3O6S. The average Bonchev–Trinajstić information content (AvgIpc) is 2.82. The predicted octanol–water partition coefficient (Wildman–Crippen LogP) is 4.59. The molecule has 1 N–H and O–H groups in total. The van der Waals surface area contributed by atoms with Gasteiger partial charge in [0.1, 0.15) is 36.9 Å². The quantitative estimate of drug-likeness (QED) is 0.261. The SMILES string of the molecule is CC1=C(C(=O)OCC(Cl)(Cl)Cl)N2C(=O)C(NC(=O)CN(C(=O)OCC(Cl)(Cl)Cl)c3ccccc3)[C@H]2SC1. The van der Waals surface area contributed by atoms with E-state index in [4.69, 9.17) is 79.1 Å². The molecule has 16 heteroatoms. The number of para-hydroxylation sites is 1. The fraction of sp³-hybridized carbons (Fsp3) is 0.429. The third kappa shape index (κ3) is 8.11. The van der Waals surface area contributed by atoms with Crippen LogP contribution in [0.1, 0.15) is 6.92 Å². The van der Waals surface area contributed by atoms with Crippen molar-refractivity contribution in [3.8, 4) is 0 Å². The van der Waals surface area contributed by atoms with E-state index in [9.17, 15) is 19.2 Å². The lowest BCUT2D eigenvalue weighted by Gasteiger charge is -2.49. The molecule has 1 aromatic carbocycles. The topological polar surface area (TPSA) is 105 Å². The molecular weight excluding hydrogens is 635 g/mol. The van der Waals surface area contributed by atoms with Crippen LogP contribution in [0.15, 0.2) is 41.6 Å². The summed E-state index contributed by atoms with van der Waals surface area (Å²) in [4.78, 5) is 53.3. The van der Waals surface area contributed by atoms with Crippen molar-refractivity contribution in [1.82, 2.24) is 10.2 Å². The van der Waals surface area contributed by atoms with Crippen molar-refractivity contribution in [3.05, 3.63) is 41.6 Å². The Morgan fingerprint density at radius 2 is 1.65 bits per heavy atom. The van der Waals surface area contributed by atoms with Gasteiger partial charge in [0.25, 0.3) is 5.91 Å². The van der Waals surface area contributed by atoms with Crippen LogP contribution in [0, 0.1) is 0 Å². The number of thioether (sulfide) groups is 1. The molecule has 0 aliphatic carbocycles. The third-order valence-electron chi connectivity index (χ3n) is 4.98. The first kappa shape index (κ1) is 30.3. The van der Waals surface area contributed by atoms with Gasteiger partial charge in [-0.15, -0.1) is 11.8 Å². The van der Waals surface area contributed by atoms with Crippen molar-refractivity contribution in [2.75, 3.05) is 30.4 Å². The normalized spacial score (nSPS) is 19.5. The van der Waals surface area contributed by atoms with Crippen molar-refractivity contribution in [1.29, 1.82) is 0 Å². The summed E-state index contributed by atoms with van der Waals surface area (Å²) < 4.78 is 6.40. The van der Waals surface area contributed by atoms with Crippen molar-refractivity contribution < 1.29 is 28.7 Å². The van der Waals surface area contributed by atoms with Crippen molar-refractivity contribution in [2.24, 2.45) is 0 Å². The van der Waals surface area contributed by atoms with Crippen LogP contribution in [0.2, 0.25) is 0 Å². The van der Waals surface area contributed by atoms with Crippen molar-refractivity contribution in [2.45, 2.75) is 25.9 Å². The monoisotopic (exact) mass is 651 g/mol. The summed E-state index contributed by atoms with van der Waals surface area (Å²) in [6.45, 7) is 0.141. The Morgan fingerprint density at radius 3 is 2.24 bits per heavy atom. The number of ether oxygens (including phenoxy) is 2. The summed E-state index contributed by atoms with van der Waals surface area (Å²) in [5.41, 5.74) is 0.980. The van der Waals surface area contributed by atoms with Gasteiger partial charge < -0.3 is 14.8 Å². The molecule has 1 fully saturated rings. The van der Waals surface area contributed by atoms with Crippen LogP contribution in [-0.4, -0.2) is 73.3 Å². The molecule has 0 spiro atoms. The highest BCUT2D eigenvalue weighted by Gasteiger charge is 2.54. The number of halogens is 6. The second-order valence-electron chi connectivity index (χ2n) is 7.87. The molecule has 0 radical (unpaired) electrons. The molecule has 0 bridgehead atoms. The molecule has 2 heterocycles. The molecule has 2 aliphatic heterocycles. The number of amides is 3. The molecule has 1 aromatic rings. The Hall–Kier alpha value is -1.27. The van der Waals surface area contributed by atoms with Gasteiger partial charge in [-0.05, 0) is 24.6 Å². The van der Waals surface area contributed by atoms with E-state index in [1.165, 1.54) is 16.7 Å². The number of carbonyl (C=O) groups is 4. The molecule has 3 rings (SSSR count). The van der Waals surface area contributed by atoms with E-state index in [1.54, 1.807) is 37.3 Å². The second-order valence-corrected chi connectivity index (χ2v) is 14.0. The minimum absolute atomic E-state index is 0.0368. The molecule has 1 saturated heterocycles. The lowest BCUT2D eigenvalue weighted by Crippen LogP contribution is -2.71. The van der Waals surface area contributed by atoms with E-state index in [1.807, 2.05) is 0 Å². The Balaban J connectivity index is 1.68. The van der Waals surface area contributed by atoms with E-state index in [0.717, 1.165) is 4.90 Å². The minimum Gasteiger partial charge on any atom is -0.456 e. The number of rotatable bonds is 7. The lowest BCUT2D eigenvalue weighted by atomic mass is 10.0. The van der Waals surface area contributed by atoms with Gasteiger partial charge >= 0.3 is 12.1 Å². The van der Waals surface area contributed by atoms with Gasteiger partial charge in [0.15, 0.2) is 0 Å². The number of nitrogens with zero attached hydrogens (tertiary/aromatic N) is 2. The van der Waals surface area contributed by atoms with Crippen LogP contribution in [-0.2, 0) is 23.9 Å². The first-order valence-electron chi connectivity index (χ1n) is 10.4. The summed E-state index contributed by atoms with van der Waals surface area (Å²) >= 11 is 35.2. The standard InChI is InChI=1S/C21H19Cl6N3O6S/c1-11-8-37-17-14(16(32)30(17)15(11)18(33)35-9-20(22,23)24)28-13(31)7-29(12-5-3-2-4-6-12)19(34)36-10-21(25,26)27/h2-6,14,17H,7-10H2,1H3,(H,28,31)/t14?,17-/m1/s1. The van der Waals surface area contributed by atoms with Crippen LogP contribution in [0.25, 0.3) is 0 Å². The van der Waals surface area contributed by atoms with Gasteiger partial charge in [-0.1, -0.05) is 87.8 Å². The Bertz CT molecular complexity index is 1090. The lowest BCUT2D eigenvalue weighted by molar-refractivity contribution is -0.152. The van der Waals surface area contributed by atoms with Crippen LogP contribution in [0.4, 0.5) is 10.5 Å². The van der Waals surface area contributed by atoms with Gasteiger partial charge in [-0.2, -0.15) is 0 Å². The summed E-state index contributed by atoms with van der Waals surface area (Å²) in [6.07, 6.45) is -0.932. The maximum atomic E-state index is 12.9. The predicted molar refractivity (Wildman–Crippen MR) is 144 cm³/mol. The molecule has 202 valence electrons. The number of esters is 1. The van der Waals surface area contributed by atoms with Gasteiger partial charge in [0.05, 0.1) is 0 Å². The molecule has 3 amide bonds. The Kier molecular flexibility index (Phi) is 10.0.